The van der Waals surface area contributed by atoms with Crippen LogP contribution in [-0.4, -0.2) is 28.1 Å². The number of hydrogen-bond acceptors (Lipinski definition) is 3. The summed E-state index contributed by atoms with van der Waals surface area (Å²) in [7, 11) is 0. The summed E-state index contributed by atoms with van der Waals surface area (Å²) >= 11 is 0. The molecule has 0 aromatic carbocycles. The molecule has 0 saturated heterocycles. The van der Waals surface area contributed by atoms with Gasteiger partial charge in [-0.25, -0.2) is 4.79 Å². The van der Waals surface area contributed by atoms with Crippen LogP contribution in [0.3, 0.4) is 0 Å². The van der Waals surface area contributed by atoms with Gasteiger partial charge < -0.3 is 10.2 Å². The Balaban J connectivity index is 2.43. The van der Waals surface area contributed by atoms with Crippen molar-refractivity contribution in [3.8, 4) is 0 Å². The number of allylic oxidation sites excluding steroid dienone is 4. The highest BCUT2D eigenvalue weighted by atomic mass is 16.4. The predicted octanol–water partition coefficient (Wildman–Crippen LogP) is 4.99. The highest BCUT2D eigenvalue weighted by molar-refractivity contribution is 5.95. The molecule has 0 heterocycles. The fourth-order valence-electron chi connectivity index (χ4n) is 3.22. The first-order chi connectivity index (χ1) is 13.0. The second kappa shape index (κ2) is 13.3. The summed E-state index contributed by atoms with van der Waals surface area (Å²) in [4.78, 5) is 22.7. The van der Waals surface area contributed by atoms with Crippen molar-refractivity contribution >= 4 is 11.8 Å². The Hall–Kier alpha value is -1.90. The molecule has 0 bridgehead atoms. The van der Waals surface area contributed by atoms with Crippen LogP contribution < -0.4 is 0 Å². The fraction of sp³-hybridized carbons (Fsp3) is 0.609. The van der Waals surface area contributed by atoms with Crippen LogP contribution in [0, 0.1) is 11.8 Å². The molecule has 0 saturated carbocycles. The van der Waals surface area contributed by atoms with E-state index < -0.39 is 12.1 Å². The molecule has 2 N–H and O–H groups in total. The maximum Gasteiger partial charge on any atom is 0.332 e. The van der Waals surface area contributed by atoms with Crippen molar-refractivity contribution in [3.05, 3.63) is 41.7 Å². The van der Waals surface area contributed by atoms with Crippen molar-refractivity contribution < 1.29 is 19.8 Å². The number of carboxylic acid groups (broad SMARTS) is 1. The maximum absolute atomic E-state index is 12.1. The molecule has 0 fully saturated rings. The molecule has 1 aliphatic carbocycles. The first kappa shape index (κ1) is 23.1. The number of rotatable bonds is 13. The van der Waals surface area contributed by atoms with Crippen LogP contribution in [0.1, 0.15) is 71.6 Å². The summed E-state index contributed by atoms with van der Waals surface area (Å²) in [6, 6.07) is 0. The average molecular weight is 375 g/mol. The molecule has 1 rings (SSSR count). The van der Waals surface area contributed by atoms with E-state index in [4.69, 9.17) is 5.11 Å². The first-order valence-electron chi connectivity index (χ1n) is 10.2. The summed E-state index contributed by atoms with van der Waals surface area (Å²) in [6.45, 7) is 3.95. The van der Waals surface area contributed by atoms with Gasteiger partial charge >= 0.3 is 5.97 Å². The Morgan fingerprint density at radius 2 is 1.96 bits per heavy atom. The lowest BCUT2D eigenvalue weighted by Gasteiger charge is -2.12. The van der Waals surface area contributed by atoms with Crippen LogP contribution in [0.4, 0.5) is 0 Å². The minimum Gasteiger partial charge on any atom is -0.479 e. The number of hydrogen-bond donors (Lipinski definition) is 2. The summed E-state index contributed by atoms with van der Waals surface area (Å²) in [5.41, 5.74) is 3.67. The van der Waals surface area contributed by atoms with Gasteiger partial charge in [0.1, 0.15) is 0 Å². The van der Waals surface area contributed by atoms with E-state index in [0.717, 1.165) is 6.42 Å². The van der Waals surface area contributed by atoms with Crippen LogP contribution in [0.25, 0.3) is 0 Å². The van der Waals surface area contributed by atoms with E-state index in [0.29, 0.717) is 12.0 Å². The van der Waals surface area contributed by atoms with Gasteiger partial charge in [-0.15, -0.1) is 5.73 Å². The van der Waals surface area contributed by atoms with E-state index in [2.05, 4.69) is 24.8 Å². The number of unbranched alkanes of at least 4 members (excludes halogenated alkanes) is 6. The summed E-state index contributed by atoms with van der Waals surface area (Å²) in [6.07, 6.45) is 17.7. The zero-order valence-electron chi connectivity index (χ0n) is 16.7. The highest BCUT2D eigenvalue weighted by Crippen LogP contribution is 2.27. The predicted molar refractivity (Wildman–Crippen MR) is 108 cm³/mol. The quantitative estimate of drug-likeness (QED) is 0.270. The molecule has 1 unspecified atom stereocenters. The smallest absolute Gasteiger partial charge is 0.332 e. The van der Waals surface area contributed by atoms with Crippen molar-refractivity contribution in [2.75, 3.05) is 0 Å². The minimum atomic E-state index is -1.40. The normalized spacial score (nSPS) is 20.0. The first-order valence-corrected chi connectivity index (χ1v) is 10.2. The SMILES string of the molecule is CCCCCCCCC=C[C@H]1C=CC(=O)[C@@H]1CC=C=C(C)CC(O)C(=O)O. The van der Waals surface area contributed by atoms with Crippen LogP contribution in [-0.2, 0) is 9.59 Å². The standard InChI is InChI=1S/C23H34O4/c1-3-4-5-6-7-8-9-10-13-19-15-16-21(24)20(19)14-11-12-18(2)17-22(25)23(26)27/h10-11,13,15-16,19-20,22,25H,3-9,14,17H2,1-2H3,(H,26,27)/t12?,19-,20+,22?/m0/s1. The molecule has 0 aliphatic heterocycles. The van der Waals surface area contributed by atoms with Crippen molar-refractivity contribution in [1.82, 2.24) is 0 Å². The van der Waals surface area contributed by atoms with Crippen LogP contribution in [0.2, 0.25) is 0 Å². The Kier molecular flexibility index (Phi) is 11.4. The molecule has 0 spiro atoms. The molecule has 150 valence electrons. The van der Waals surface area contributed by atoms with Gasteiger partial charge in [-0.2, -0.15) is 0 Å². The maximum atomic E-state index is 12.1. The van der Waals surface area contributed by atoms with Gasteiger partial charge in [0.15, 0.2) is 11.9 Å². The van der Waals surface area contributed by atoms with Crippen LogP contribution >= 0.6 is 0 Å². The topological polar surface area (TPSA) is 74.6 Å². The third-order valence-electron chi connectivity index (χ3n) is 4.90. The van der Waals surface area contributed by atoms with Gasteiger partial charge in [0, 0.05) is 18.3 Å². The molecule has 3 atom stereocenters. The van der Waals surface area contributed by atoms with Crippen LogP contribution in [0.15, 0.2) is 41.7 Å². The summed E-state index contributed by atoms with van der Waals surface area (Å²) < 4.78 is 0. The van der Waals surface area contributed by atoms with Crippen LogP contribution in [0.5, 0.6) is 0 Å². The lowest BCUT2D eigenvalue weighted by Crippen LogP contribution is -2.19. The number of carbonyl (C=O) groups is 2. The molecule has 0 radical (unpaired) electrons. The molecule has 4 heteroatoms. The molecule has 27 heavy (non-hydrogen) atoms. The van der Waals surface area contributed by atoms with Gasteiger partial charge in [-0.05, 0) is 43.9 Å². The largest absolute Gasteiger partial charge is 0.479 e. The molecule has 0 aromatic rings. The number of aliphatic hydroxyl groups is 1. The van der Waals surface area contributed by atoms with Gasteiger partial charge in [0.25, 0.3) is 0 Å². The number of carboxylic acids is 1. The van der Waals surface area contributed by atoms with Gasteiger partial charge in [-0.3, -0.25) is 4.79 Å². The van der Waals surface area contributed by atoms with Gasteiger partial charge in [-0.1, -0.05) is 57.3 Å². The third kappa shape index (κ3) is 9.55. The third-order valence-corrected chi connectivity index (χ3v) is 4.90. The summed E-state index contributed by atoms with van der Waals surface area (Å²) in [5.74, 6) is -1.08. The second-order valence-electron chi connectivity index (χ2n) is 7.35. The lowest BCUT2D eigenvalue weighted by molar-refractivity contribution is -0.146. The van der Waals surface area contributed by atoms with Crippen molar-refractivity contribution in [1.29, 1.82) is 0 Å². The number of carbonyl (C=O) groups excluding carboxylic acids is 1. The average Bonchev–Trinajstić information content (AvgIpc) is 2.97. The highest BCUT2D eigenvalue weighted by Gasteiger charge is 2.26. The Labute approximate surface area is 163 Å². The number of aliphatic hydroxyl groups excluding tert-OH is 1. The Morgan fingerprint density at radius 3 is 2.67 bits per heavy atom. The Morgan fingerprint density at radius 1 is 1.26 bits per heavy atom. The van der Waals surface area contributed by atoms with E-state index in [1.54, 1.807) is 19.1 Å². The molecular weight excluding hydrogens is 340 g/mol. The Bertz CT molecular complexity index is 593. The number of ketones is 1. The van der Waals surface area contributed by atoms with Crippen molar-refractivity contribution in [3.63, 3.8) is 0 Å². The molecule has 0 aromatic heterocycles. The fourth-order valence-corrected chi connectivity index (χ4v) is 3.22. The van der Waals surface area contributed by atoms with E-state index in [1.165, 1.54) is 38.5 Å². The molecule has 1 aliphatic rings. The number of aliphatic carboxylic acids is 1. The van der Waals surface area contributed by atoms with Crippen molar-refractivity contribution in [2.24, 2.45) is 11.8 Å². The van der Waals surface area contributed by atoms with Crippen molar-refractivity contribution in [2.45, 2.75) is 77.7 Å². The van der Waals surface area contributed by atoms with E-state index >= 15 is 0 Å². The minimum absolute atomic E-state index is 0.0459. The lowest BCUT2D eigenvalue weighted by atomic mass is 9.90. The van der Waals surface area contributed by atoms with E-state index in [1.807, 2.05) is 6.08 Å². The monoisotopic (exact) mass is 374 g/mol. The second-order valence-corrected chi connectivity index (χ2v) is 7.35. The molecule has 0 amide bonds. The molecule has 4 nitrogen and oxygen atoms in total. The summed E-state index contributed by atoms with van der Waals surface area (Å²) in [5, 5.41) is 18.1. The van der Waals surface area contributed by atoms with E-state index in [-0.39, 0.29) is 24.0 Å². The van der Waals surface area contributed by atoms with Gasteiger partial charge in [0.05, 0.1) is 0 Å². The zero-order chi connectivity index (χ0) is 20.1. The zero-order valence-corrected chi connectivity index (χ0v) is 16.7. The van der Waals surface area contributed by atoms with Gasteiger partial charge in [0.2, 0.25) is 0 Å². The molecular formula is C23H34O4. The van der Waals surface area contributed by atoms with E-state index in [9.17, 15) is 14.7 Å².